The Balaban J connectivity index is 0.00000245. The maximum Gasteiger partial charge on any atom is 0.0146 e. The van der Waals surface area contributed by atoms with E-state index in [9.17, 15) is 0 Å². The van der Waals surface area contributed by atoms with Gasteiger partial charge in [0, 0.05) is 31.6 Å². The van der Waals surface area contributed by atoms with Crippen LogP contribution >= 0.6 is 0 Å². The van der Waals surface area contributed by atoms with Gasteiger partial charge >= 0.3 is 0 Å². The number of benzene rings is 4. The summed E-state index contributed by atoms with van der Waals surface area (Å²) in [5.41, 5.74) is 10.7. The van der Waals surface area contributed by atoms with Crippen molar-refractivity contribution in [1.29, 1.82) is 0 Å². The standard InChI is InChI=1S/C31H29.Zr/c1-30(2,24-11-7-5-8-12-24)26-17-15-22-19-23-16-18-27(21-29(23)28(22)20-26)31(3,4)25-13-9-6-10-14-25;/h5-15,17-18,20-21H,19H2,1-4H3;/q-1;. The van der Waals surface area contributed by atoms with E-state index in [1.807, 2.05) is 0 Å². The van der Waals surface area contributed by atoms with Crippen LogP contribution in [0.2, 0.25) is 0 Å². The summed E-state index contributed by atoms with van der Waals surface area (Å²) in [6, 6.07) is 36.9. The van der Waals surface area contributed by atoms with Gasteiger partial charge < -0.3 is 0 Å². The fraction of sp³-hybridized carbons (Fsp3) is 0.226. The van der Waals surface area contributed by atoms with Crippen LogP contribution in [0.4, 0.5) is 0 Å². The molecule has 0 aliphatic heterocycles. The minimum atomic E-state index is -0.0591. The summed E-state index contributed by atoms with van der Waals surface area (Å²) in [4.78, 5) is 0. The second-order valence-corrected chi connectivity index (χ2v) is 9.81. The summed E-state index contributed by atoms with van der Waals surface area (Å²) >= 11 is 0. The molecule has 0 radical (unpaired) electrons. The zero-order valence-corrected chi connectivity index (χ0v) is 21.8. The van der Waals surface area contributed by atoms with Crippen molar-refractivity contribution < 1.29 is 26.2 Å². The van der Waals surface area contributed by atoms with Crippen LogP contribution in [0.25, 0.3) is 11.1 Å². The maximum atomic E-state index is 3.63. The molecule has 0 spiro atoms. The second kappa shape index (κ2) is 8.60. The fourth-order valence-electron chi connectivity index (χ4n) is 4.88. The molecule has 0 saturated carbocycles. The van der Waals surface area contributed by atoms with Crippen molar-refractivity contribution in [3.8, 4) is 11.1 Å². The first-order valence-corrected chi connectivity index (χ1v) is 11.2. The van der Waals surface area contributed by atoms with Crippen molar-refractivity contribution in [2.24, 2.45) is 0 Å². The molecule has 0 bridgehead atoms. The summed E-state index contributed by atoms with van der Waals surface area (Å²) in [6.45, 7) is 9.26. The van der Waals surface area contributed by atoms with Gasteiger partial charge in [-0.1, -0.05) is 118 Å². The molecule has 158 valence electrons. The Labute approximate surface area is 211 Å². The molecule has 0 nitrogen and oxygen atoms in total. The van der Waals surface area contributed by atoms with Crippen LogP contribution in [-0.4, -0.2) is 0 Å². The first-order chi connectivity index (χ1) is 14.9. The molecule has 5 rings (SSSR count). The van der Waals surface area contributed by atoms with Crippen molar-refractivity contribution in [3.05, 3.63) is 130 Å². The minimum Gasteiger partial charge on any atom is -0.179 e. The molecule has 4 aromatic rings. The zero-order valence-electron chi connectivity index (χ0n) is 19.4. The molecule has 0 N–H and O–H groups in total. The first-order valence-electron chi connectivity index (χ1n) is 11.2. The van der Waals surface area contributed by atoms with Crippen LogP contribution in [-0.2, 0) is 43.5 Å². The third kappa shape index (κ3) is 3.86. The van der Waals surface area contributed by atoms with E-state index in [0.29, 0.717) is 0 Å². The largest absolute Gasteiger partial charge is 0.179 e. The molecule has 1 aliphatic rings. The van der Waals surface area contributed by atoms with Crippen LogP contribution in [0, 0.1) is 6.07 Å². The Morgan fingerprint density at radius 1 is 0.594 bits per heavy atom. The summed E-state index contributed by atoms with van der Waals surface area (Å²) in [7, 11) is 0. The zero-order chi connectivity index (χ0) is 21.6. The van der Waals surface area contributed by atoms with Gasteiger partial charge in [-0.3, -0.25) is 0 Å². The fourth-order valence-corrected chi connectivity index (χ4v) is 4.88. The van der Waals surface area contributed by atoms with Crippen molar-refractivity contribution in [2.45, 2.75) is 44.9 Å². The molecule has 32 heavy (non-hydrogen) atoms. The molecule has 1 aliphatic carbocycles. The smallest absolute Gasteiger partial charge is 0.0146 e. The Morgan fingerprint density at radius 2 is 1.12 bits per heavy atom. The van der Waals surface area contributed by atoms with Gasteiger partial charge in [-0.05, 0) is 28.5 Å². The van der Waals surface area contributed by atoms with Crippen LogP contribution in [0.15, 0.2) is 91.0 Å². The molecule has 0 amide bonds. The summed E-state index contributed by atoms with van der Waals surface area (Å²) < 4.78 is 0. The Morgan fingerprint density at radius 3 is 1.72 bits per heavy atom. The van der Waals surface area contributed by atoms with E-state index in [1.165, 1.54) is 44.5 Å². The third-order valence-electron chi connectivity index (χ3n) is 7.23. The van der Waals surface area contributed by atoms with E-state index < -0.39 is 0 Å². The average molecular weight is 493 g/mol. The molecular formula is C31H29Zr-. The third-order valence-corrected chi connectivity index (χ3v) is 7.23. The molecule has 0 saturated heterocycles. The normalized spacial score (nSPS) is 12.6. The topological polar surface area (TPSA) is 0 Å². The second-order valence-electron chi connectivity index (χ2n) is 9.81. The average Bonchev–Trinajstić information content (AvgIpc) is 3.17. The molecule has 1 heteroatoms. The summed E-state index contributed by atoms with van der Waals surface area (Å²) in [5, 5.41) is 0. The number of hydrogen-bond acceptors (Lipinski definition) is 0. The molecular weight excluding hydrogens is 464 g/mol. The number of hydrogen-bond donors (Lipinski definition) is 0. The van der Waals surface area contributed by atoms with Gasteiger partial charge in [0.2, 0.25) is 0 Å². The van der Waals surface area contributed by atoms with E-state index in [-0.39, 0.29) is 37.0 Å². The predicted octanol–water partition coefficient (Wildman–Crippen LogP) is 7.71. The number of rotatable bonds is 4. The first kappa shape index (κ1) is 22.9. The van der Waals surface area contributed by atoms with Gasteiger partial charge in [-0.15, -0.1) is 11.1 Å². The maximum absolute atomic E-state index is 3.63. The van der Waals surface area contributed by atoms with Gasteiger partial charge in [-0.25, -0.2) is 0 Å². The van der Waals surface area contributed by atoms with Gasteiger partial charge in [0.15, 0.2) is 0 Å². The van der Waals surface area contributed by atoms with Crippen molar-refractivity contribution in [2.75, 3.05) is 0 Å². The molecule has 4 aromatic carbocycles. The van der Waals surface area contributed by atoms with Crippen LogP contribution in [0.3, 0.4) is 0 Å². The Bertz CT molecular complexity index is 1140. The summed E-state index contributed by atoms with van der Waals surface area (Å²) in [5.74, 6) is 0. The van der Waals surface area contributed by atoms with Gasteiger partial charge in [0.1, 0.15) is 0 Å². The van der Waals surface area contributed by atoms with E-state index in [1.54, 1.807) is 0 Å². The quantitative estimate of drug-likeness (QED) is 0.225. The van der Waals surface area contributed by atoms with E-state index in [4.69, 9.17) is 0 Å². The van der Waals surface area contributed by atoms with Crippen molar-refractivity contribution in [3.63, 3.8) is 0 Å². The molecule has 0 fully saturated rings. The Hall–Kier alpha value is -2.24. The van der Waals surface area contributed by atoms with Gasteiger partial charge in [0.25, 0.3) is 0 Å². The summed E-state index contributed by atoms with van der Waals surface area (Å²) in [6.07, 6.45) is 0.975. The molecule has 0 heterocycles. The number of fused-ring (bicyclic) bond motifs is 3. The molecule has 0 unspecified atom stereocenters. The molecule has 0 atom stereocenters. The Kier molecular flexibility index (Phi) is 6.17. The van der Waals surface area contributed by atoms with Crippen molar-refractivity contribution in [1.82, 2.24) is 0 Å². The van der Waals surface area contributed by atoms with Crippen molar-refractivity contribution >= 4 is 0 Å². The van der Waals surface area contributed by atoms with Crippen LogP contribution in [0.1, 0.15) is 61.1 Å². The van der Waals surface area contributed by atoms with Crippen LogP contribution in [0.5, 0.6) is 0 Å². The van der Waals surface area contributed by atoms with E-state index >= 15 is 0 Å². The van der Waals surface area contributed by atoms with Gasteiger partial charge in [-0.2, -0.15) is 23.8 Å². The van der Waals surface area contributed by atoms with Gasteiger partial charge in [0.05, 0.1) is 0 Å². The molecule has 0 aromatic heterocycles. The van der Waals surface area contributed by atoms with E-state index in [2.05, 4.69) is 125 Å². The predicted molar refractivity (Wildman–Crippen MR) is 131 cm³/mol. The van der Waals surface area contributed by atoms with Crippen LogP contribution < -0.4 is 0 Å². The van der Waals surface area contributed by atoms with E-state index in [0.717, 1.165) is 6.42 Å². The monoisotopic (exact) mass is 491 g/mol. The SMILES string of the molecule is CC(C)(c1ccccc1)c1c[c-]c2c(c1)-c1cc(C(C)(C)c3ccccc3)ccc1C2.[Zr]. The minimum absolute atomic E-state index is 0.